The number of nitrogens with two attached hydrogens (primary N) is 1. The lowest BCUT2D eigenvalue weighted by Crippen LogP contribution is -2.24. The van der Waals surface area contributed by atoms with Gasteiger partial charge in [0.25, 0.3) is 0 Å². The Kier molecular flexibility index (Phi) is 5.18. The smallest absolute Gasteiger partial charge is 0.353 e. The second kappa shape index (κ2) is 7.52. The van der Waals surface area contributed by atoms with E-state index in [0.29, 0.717) is 16.7 Å². The highest BCUT2D eigenvalue weighted by Gasteiger charge is 2.24. The van der Waals surface area contributed by atoms with Crippen LogP contribution >= 0.6 is 11.6 Å². The molecule has 0 aliphatic heterocycles. The van der Waals surface area contributed by atoms with Crippen molar-refractivity contribution in [2.24, 2.45) is 0 Å². The number of halogens is 1. The first-order valence-electron chi connectivity index (χ1n) is 8.14. The molecule has 0 amide bonds. The van der Waals surface area contributed by atoms with Crippen molar-refractivity contribution in [1.29, 1.82) is 0 Å². The number of rotatable bonds is 5. The summed E-state index contributed by atoms with van der Waals surface area (Å²) in [6.45, 7) is 0. The maximum atomic E-state index is 11.4. The van der Waals surface area contributed by atoms with Crippen molar-refractivity contribution in [3.05, 3.63) is 39.4 Å². The Balaban J connectivity index is 1.89. The Hall–Kier alpha value is -2.61. The number of nitrogen functional groups attached to an aromatic ring is 1. The van der Waals surface area contributed by atoms with Crippen molar-refractivity contribution in [1.82, 2.24) is 9.97 Å². The molecule has 8 nitrogen and oxygen atoms in total. The molecule has 1 aromatic heterocycles. The molecule has 1 heterocycles. The maximum absolute atomic E-state index is 11.4. The number of benzene rings is 1. The zero-order valence-electron chi connectivity index (χ0n) is 13.5. The minimum absolute atomic E-state index is 0.0538. The molecule has 0 saturated heterocycles. The van der Waals surface area contributed by atoms with E-state index in [1.807, 2.05) is 0 Å². The lowest BCUT2D eigenvalue weighted by atomic mass is 9.96. The van der Waals surface area contributed by atoms with Crippen LogP contribution in [0.15, 0.2) is 24.3 Å². The first-order valence-corrected chi connectivity index (χ1v) is 8.52. The van der Waals surface area contributed by atoms with Gasteiger partial charge in [-0.3, -0.25) is 10.1 Å². The minimum Gasteiger partial charge on any atom is -0.378 e. The summed E-state index contributed by atoms with van der Waals surface area (Å²) in [4.78, 5) is 19.1. The van der Waals surface area contributed by atoms with Crippen LogP contribution in [0.4, 0.5) is 29.0 Å². The highest BCUT2D eigenvalue weighted by atomic mass is 35.5. The van der Waals surface area contributed by atoms with E-state index < -0.39 is 4.92 Å². The average Bonchev–Trinajstić information content (AvgIpc) is 2.57. The molecule has 2 aromatic rings. The van der Waals surface area contributed by atoms with Crippen molar-refractivity contribution in [2.75, 3.05) is 16.4 Å². The Bertz CT molecular complexity index is 762. The second-order valence-corrected chi connectivity index (χ2v) is 6.43. The van der Waals surface area contributed by atoms with Gasteiger partial charge >= 0.3 is 5.69 Å². The Morgan fingerprint density at radius 3 is 2.48 bits per heavy atom. The van der Waals surface area contributed by atoms with Crippen LogP contribution in [0.25, 0.3) is 0 Å². The zero-order valence-corrected chi connectivity index (χ0v) is 14.3. The van der Waals surface area contributed by atoms with Crippen LogP contribution in [0.5, 0.6) is 0 Å². The molecule has 1 saturated carbocycles. The molecule has 3 rings (SSSR count). The number of aromatic nitrogens is 2. The van der Waals surface area contributed by atoms with Crippen molar-refractivity contribution >= 4 is 40.6 Å². The van der Waals surface area contributed by atoms with Gasteiger partial charge in [0.2, 0.25) is 17.6 Å². The van der Waals surface area contributed by atoms with Gasteiger partial charge in [0.05, 0.1) is 4.92 Å². The summed E-state index contributed by atoms with van der Waals surface area (Å²) >= 11 is 5.86. The fraction of sp³-hybridized carbons (Fsp3) is 0.375. The molecule has 9 heteroatoms. The third-order valence-corrected chi connectivity index (χ3v) is 4.39. The van der Waals surface area contributed by atoms with Gasteiger partial charge in [0.15, 0.2) is 0 Å². The van der Waals surface area contributed by atoms with E-state index in [1.165, 1.54) is 6.42 Å². The molecule has 0 unspecified atom stereocenters. The van der Waals surface area contributed by atoms with Gasteiger partial charge in [-0.2, -0.15) is 9.97 Å². The molecule has 1 aromatic carbocycles. The van der Waals surface area contributed by atoms with Crippen LogP contribution < -0.4 is 16.4 Å². The van der Waals surface area contributed by atoms with E-state index in [0.717, 1.165) is 25.7 Å². The highest BCUT2D eigenvalue weighted by molar-refractivity contribution is 6.30. The van der Waals surface area contributed by atoms with E-state index in [4.69, 9.17) is 17.3 Å². The summed E-state index contributed by atoms with van der Waals surface area (Å²) in [5.41, 5.74) is 6.09. The largest absolute Gasteiger partial charge is 0.378 e. The third kappa shape index (κ3) is 4.27. The van der Waals surface area contributed by atoms with Gasteiger partial charge in [0, 0.05) is 16.8 Å². The number of nitrogens with zero attached hydrogens (tertiary/aromatic N) is 3. The molecule has 0 atom stereocenters. The van der Waals surface area contributed by atoms with Gasteiger partial charge in [-0.25, -0.2) is 0 Å². The van der Waals surface area contributed by atoms with Crippen LogP contribution in [-0.2, 0) is 0 Å². The minimum atomic E-state index is -0.585. The van der Waals surface area contributed by atoms with Gasteiger partial charge < -0.3 is 16.4 Å². The van der Waals surface area contributed by atoms with Gasteiger partial charge in [0.1, 0.15) is 0 Å². The first-order chi connectivity index (χ1) is 12.0. The number of anilines is 4. The molecule has 0 radical (unpaired) electrons. The standard InChI is InChI=1S/C16H19ClN6O2/c17-10-6-8-12(9-7-10)19-15-13(23(24)25)14(18)21-16(22-15)20-11-4-2-1-3-5-11/h6-9,11H,1-5H2,(H4,18,19,20,21,22). The maximum Gasteiger partial charge on any atom is 0.353 e. The van der Waals surface area contributed by atoms with E-state index in [2.05, 4.69) is 20.6 Å². The van der Waals surface area contributed by atoms with Crippen LogP contribution in [-0.4, -0.2) is 20.9 Å². The number of nitro groups is 1. The molecule has 0 spiro atoms. The Labute approximate surface area is 150 Å². The normalized spacial score (nSPS) is 14.9. The van der Waals surface area contributed by atoms with Crippen molar-refractivity contribution in [3.63, 3.8) is 0 Å². The fourth-order valence-corrected chi connectivity index (χ4v) is 3.03. The average molecular weight is 363 g/mol. The summed E-state index contributed by atoms with van der Waals surface area (Å²) < 4.78 is 0. The van der Waals surface area contributed by atoms with Gasteiger partial charge in [-0.1, -0.05) is 30.9 Å². The Morgan fingerprint density at radius 1 is 1.16 bits per heavy atom. The van der Waals surface area contributed by atoms with E-state index in [-0.39, 0.29) is 23.4 Å². The predicted octanol–water partition coefficient (Wildman–Crippen LogP) is 4.11. The summed E-state index contributed by atoms with van der Waals surface area (Å²) in [7, 11) is 0. The second-order valence-electron chi connectivity index (χ2n) is 6.00. The van der Waals surface area contributed by atoms with E-state index in [9.17, 15) is 10.1 Å². The predicted molar refractivity (Wildman–Crippen MR) is 98.3 cm³/mol. The fourth-order valence-electron chi connectivity index (χ4n) is 2.90. The zero-order chi connectivity index (χ0) is 17.8. The highest BCUT2D eigenvalue weighted by Crippen LogP contribution is 2.32. The molecule has 1 aliphatic carbocycles. The SMILES string of the molecule is Nc1nc(NC2CCCCC2)nc(Nc2ccc(Cl)cc2)c1[N+](=O)[O-]. The number of hydrogen-bond acceptors (Lipinski definition) is 7. The molecule has 132 valence electrons. The van der Waals surface area contributed by atoms with Crippen LogP contribution in [0.3, 0.4) is 0 Å². The summed E-state index contributed by atoms with van der Waals surface area (Å²) in [6.07, 6.45) is 5.58. The molecular formula is C16H19ClN6O2. The molecule has 4 N–H and O–H groups in total. The number of hydrogen-bond donors (Lipinski definition) is 3. The summed E-state index contributed by atoms with van der Waals surface area (Å²) in [5.74, 6) is 0.180. The van der Waals surface area contributed by atoms with Crippen LogP contribution in [0, 0.1) is 10.1 Å². The quantitative estimate of drug-likeness (QED) is 0.540. The lowest BCUT2D eigenvalue weighted by molar-refractivity contribution is -0.383. The summed E-state index contributed by atoms with van der Waals surface area (Å²) in [6, 6.07) is 7.04. The van der Waals surface area contributed by atoms with Crippen LogP contribution in [0.1, 0.15) is 32.1 Å². The molecule has 1 fully saturated rings. The number of nitrogens with one attached hydrogen (secondary N) is 2. The lowest BCUT2D eigenvalue weighted by Gasteiger charge is -2.23. The monoisotopic (exact) mass is 362 g/mol. The van der Waals surface area contributed by atoms with E-state index >= 15 is 0 Å². The molecule has 1 aliphatic rings. The van der Waals surface area contributed by atoms with Crippen molar-refractivity contribution < 1.29 is 4.92 Å². The van der Waals surface area contributed by atoms with Gasteiger partial charge in [-0.15, -0.1) is 0 Å². The van der Waals surface area contributed by atoms with Crippen LogP contribution in [0.2, 0.25) is 5.02 Å². The molecule has 25 heavy (non-hydrogen) atoms. The first kappa shape index (κ1) is 17.2. The van der Waals surface area contributed by atoms with Gasteiger partial charge in [-0.05, 0) is 37.1 Å². The van der Waals surface area contributed by atoms with Crippen molar-refractivity contribution in [2.45, 2.75) is 38.1 Å². The Morgan fingerprint density at radius 2 is 1.84 bits per heavy atom. The summed E-state index contributed by atoms with van der Waals surface area (Å²) in [5, 5.41) is 18.1. The van der Waals surface area contributed by atoms with E-state index in [1.54, 1.807) is 24.3 Å². The third-order valence-electron chi connectivity index (χ3n) is 4.14. The molecule has 0 bridgehead atoms. The molecular weight excluding hydrogens is 344 g/mol. The topological polar surface area (TPSA) is 119 Å². The van der Waals surface area contributed by atoms with Crippen molar-refractivity contribution in [3.8, 4) is 0 Å².